The molecule has 1 heterocycles. The summed E-state index contributed by atoms with van der Waals surface area (Å²) in [5.74, 6) is 0.0716. The largest absolute Gasteiger partial charge is 0.496 e. The lowest BCUT2D eigenvalue weighted by Crippen LogP contribution is -2.14. The van der Waals surface area contributed by atoms with E-state index in [1.807, 2.05) is 6.92 Å². The minimum absolute atomic E-state index is 0.227. The highest BCUT2D eigenvalue weighted by atomic mass is 35.5. The zero-order chi connectivity index (χ0) is 14.7. The van der Waals surface area contributed by atoms with Gasteiger partial charge in [0.25, 0.3) is 5.91 Å². The van der Waals surface area contributed by atoms with E-state index in [-0.39, 0.29) is 11.1 Å². The summed E-state index contributed by atoms with van der Waals surface area (Å²) in [5, 5.41) is 3.37. The highest BCUT2D eigenvalue weighted by Gasteiger charge is 2.14. The van der Waals surface area contributed by atoms with Gasteiger partial charge in [-0.15, -0.1) is 0 Å². The molecule has 1 aromatic carbocycles. The van der Waals surface area contributed by atoms with Crippen LogP contribution in [0.25, 0.3) is 0 Å². The third-order valence-corrected chi connectivity index (χ3v) is 3.17. The second kappa shape index (κ2) is 6.11. The second-order valence-corrected chi connectivity index (χ2v) is 4.94. The molecule has 0 atom stereocenters. The molecule has 2 aromatic rings. The van der Waals surface area contributed by atoms with E-state index in [1.165, 1.54) is 13.2 Å². The lowest BCUT2D eigenvalue weighted by molar-refractivity contribution is 0.102. The molecule has 0 fully saturated rings. The summed E-state index contributed by atoms with van der Waals surface area (Å²) in [7, 11) is 1.49. The fourth-order valence-corrected chi connectivity index (χ4v) is 2.01. The fourth-order valence-electron chi connectivity index (χ4n) is 1.69. The summed E-state index contributed by atoms with van der Waals surface area (Å²) in [6.07, 6.45) is 1.62. The van der Waals surface area contributed by atoms with Crippen molar-refractivity contribution in [3.05, 3.63) is 51.8 Å². The Morgan fingerprint density at radius 1 is 1.30 bits per heavy atom. The van der Waals surface area contributed by atoms with Gasteiger partial charge in [0, 0.05) is 11.2 Å². The number of aromatic nitrogens is 1. The fraction of sp³-hybridized carbons (Fsp3) is 0.143. The topological polar surface area (TPSA) is 51.2 Å². The van der Waals surface area contributed by atoms with Crippen molar-refractivity contribution < 1.29 is 9.53 Å². The van der Waals surface area contributed by atoms with Crippen LogP contribution in [0.3, 0.4) is 0 Å². The van der Waals surface area contributed by atoms with Gasteiger partial charge in [-0.05, 0) is 36.8 Å². The molecule has 0 spiro atoms. The first-order valence-electron chi connectivity index (χ1n) is 5.78. The van der Waals surface area contributed by atoms with Crippen LogP contribution in [0.15, 0.2) is 30.5 Å². The molecule has 0 unspecified atom stereocenters. The zero-order valence-electron chi connectivity index (χ0n) is 10.9. The van der Waals surface area contributed by atoms with Crippen molar-refractivity contribution in [1.29, 1.82) is 0 Å². The third kappa shape index (κ3) is 3.21. The number of nitrogens with zero attached hydrogens (tertiary/aromatic N) is 1. The molecular formula is C14H12Cl2N2O2. The third-order valence-electron chi connectivity index (χ3n) is 2.63. The molecule has 0 saturated heterocycles. The average Bonchev–Trinajstić information content (AvgIpc) is 2.42. The Bertz CT molecular complexity index is 660. The molecule has 0 aliphatic carbocycles. The van der Waals surface area contributed by atoms with Gasteiger partial charge >= 0.3 is 0 Å². The van der Waals surface area contributed by atoms with Gasteiger partial charge in [-0.25, -0.2) is 4.98 Å². The summed E-state index contributed by atoms with van der Waals surface area (Å²) in [4.78, 5) is 16.3. The number of nitrogens with one attached hydrogen (secondary N) is 1. The monoisotopic (exact) mass is 310 g/mol. The number of rotatable bonds is 3. The van der Waals surface area contributed by atoms with E-state index >= 15 is 0 Å². The summed E-state index contributed by atoms with van der Waals surface area (Å²) < 4.78 is 5.15. The van der Waals surface area contributed by atoms with Crippen LogP contribution in [0, 0.1) is 6.92 Å². The van der Waals surface area contributed by atoms with E-state index < -0.39 is 0 Å². The molecule has 2 rings (SSSR count). The van der Waals surface area contributed by atoms with Gasteiger partial charge in [-0.1, -0.05) is 23.2 Å². The molecule has 0 radical (unpaired) electrons. The normalized spacial score (nSPS) is 10.2. The molecule has 1 amide bonds. The van der Waals surface area contributed by atoms with Crippen LogP contribution in [0.2, 0.25) is 10.2 Å². The molecule has 104 valence electrons. The zero-order valence-corrected chi connectivity index (χ0v) is 12.4. The molecular weight excluding hydrogens is 299 g/mol. The Labute approximate surface area is 126 Å². The lowest BCUT2D eigenvalue weighted by Gasteiger charge is -2.10. The number of hydrogen-bond donors (Lipinski definition) is 1. The Morgan fingerprint density at radius 3 is 2.75 bits per heavy atom. The molecule has 0 aliphatic heterocycles. The Hall–Kier alpha value is -1.78. The standard InChI is InChI=1S/C14H12Cl2N2O2/c1-8-5-11(13(16)17-7-8)18-14(19)10-6-9(15)3-4-12(10)20-2/h3-7H,1-2H3,(H,18,19). The van der Waals surface area contributed by atoms with Crippen molar-refractivity contribution in [3.8, 4) is 5.75 Å². The summed E-state index contributed by atoms with van der Waals surface area (Å²) in [5.41, 5.74) is 1.67. The summed E-state index contributed by atoms with van der Waals surface area (Å²) in [6.45, 7) is 1.86. The van der Waals surface area contributed by atoms with Crippen LogP contribution in [0.4, 0.5) is 5.69 Å². The number of carbonyl (C=O) groups excluding carboxylic acids is 1. The van der Waals surface area contributed by atoms with Crippen LogP contribution >= 0.6 is 23.2 Å². The van der Waals surface area contributed by atoms with Gasteiger partial charge < -0.3 is 10.1 Å². The lowest BCUT2D eigenvalue weighted by atomic mass is 10.2. The highest BCUT2D eigenvalue weighted by Crippen LogP contribution is 2.25. The Kier molecular flexibility index (Phi) is 4.47. The summed E-state index contributed by atoms with van der Waals surface area (Å²) in [6, 6.07) is 6.56. The van der Waals surface area contributed by atoms with E-state index in [4.69, 9.17) is 27.9 Å². The number of halogens is 2. The quantitative estimate of drug-likeness (QED) is 0.873. The molecule has 6 heteroatoms. The Morgan fingerprint density at radius 2 is 2.05 bits per heavy atom. The molecule has 20 heavy (non-hydrogen) atoms. The van der Waals surface area contributed by atoms with E-state index in [0.29, 0.717) is 22.0 Å². The maximum atomic E-state index is 12.3. The number of carbonyl (C=O) groups is 1. The Balaban J connectivity index is 2.32. The number of benzene rings is 1. The predicted octanol–water partition coefficient (Wildman–Crippen LogP) is 3.96. The SMILES string of the molecule is COc1ccc(Cl)cc1C(=O)Nc1cc(C)cnc1Cl. The molecule has 0 saturated carbocycles. The van der Waals surface area contributed by atoms with Crippen molar-refractivity contribution >= 4 is 34.8 Å². The number of amides is 1. The van der Waals surface area contributed by atoms with E-state index in [2.05, 4.69) is 10.3 Å². The number of ether oxygens (including phenoxy) is 1. The van der Waals surface area contributed by atoms with Crippen molar-refractivity contribution in [1.82, 2.24) is 4.98 Å². The van der Waals surface area contributed by atoms with Gasteiger partial charge in [0.05, 0.1) is 18.4 Å². The van der Waals surface area contributed by atoms with Crippen molar-refractivity contribution in [2.75, 3.05) is 12.4 Å². The average molecular weight is 311 g/mol. The maximum Gasteiger partial charge on any atom is 0.259 e. The van der Waals surface area contributed by atoms with E-state index in [0.717, 1.165) is 5.56 Å². The number of methoxy groups -OCH3 is 1. The van der Waals surface area contributed by atoms with Crippen molar-refractivity contribution in [2.24, 2.45) is 0 Å². The molecule has 0 aliphatic rings. The molecule has 1 N–H and O–H groups in total. The first kappa shape index (κ1) is 14.6. The van der Waals surface area contributed by atoms with Crippen LogP contribution < -0.4 is 10.1 Å². The molecule has 0 bridgehead atoms. The number of aryl methyl sites for hydroxylation is 1. The van der Waals surface area contributed by atoms with Crippen LogP contribution in [0.1, 0.15) is 15.9 Å². The number of anilines is 1. The predicted molar refractivity (Wildman–Crippen MR) is 79.9 cm³/mol. The van der Waals surface area contributed by atoms with Gasteiger partial charge in [0.15, 0.2) is 5.15 Å². The minimum Gasteiger partial charge on any atom is -0.496 e. The van der Waals surface area contributed by atoms with E-state index in [1.54, 1.807) is 24.4 Å². The van der Waals surface area contributed by atoms with Crippen molar-refractivity contribution in [2.45, 2.75) is 6.92 Å². The van der Waals surface area contributed by atoms with Crippen LogP contribution in [-0.4, -0.2) is 18.0 Å². The van der Waals surface area contributed by atoms with Crippen LogP contribution in [-0.2, 0) is 0 Å². The van der Waals surface area contributed by atoms with Gasteiger partial charge in [-0.3, -0.25) is 4.79 Å². The molecule has 4 nitrogen and oxygen atoms in total. The molecule has 1 aromatic heterocycles. The maximum absolute atomic E-state index is 12.3. The number of pyridine rings is 1. The van der Waals surface area contributed by atoms with Gasteiger partial charge in [-0.2, -0.15) is 0 Å². The van der Waals surface area contributed by atoms with Crippen LogP contribution in [0.5, 0.6) is 5.75 Å². The van der Waals surface area contributed by atoms with Crippen molar-refractivity contribution in [3.63, 3.8) is 0 Å². The first-order chi connectivity index (χ1) is 9.51. The second-order valence-electron chi connectivity index (χ2n) is 4.15. The van der Waals surface area contributed by atoms with Gasteiger partial charge in [0.2, 0.25) is 0 Å². The number of hydrogen-bond acceptors (Lipinski definition) is 3. The highest BCUT2D eigenvalue weighted by molar-refractivity contribution is 6.33. The minimum atomic E-state index is -0.362. The first-order valence-corrected chi connectivity index (χ1v) is 6.54. The smallest absolute Gasteiger partial charge is 0.259 e. The van der Waals surface area contributed by atoms with Gasteiger partial charge in [0.1, 0.15) is 5.75 Å². The summed E-state index contributed by atoms with van der Waals surface area (Å²) >= 11 is 11.9. The van der Waals surface area contributed by atoms with E-state index in [9.17, 15) is 4.79 Å².